The average molecular weight is 361 g/mol. The number of hydrogen-bond donors (Lipinski definition) is 1. The molecule has 6 heteroatoms. The molecule has 26 heavy (non-hydrogen) atoms. The molecule has 0 aliphatic rings. The summed E-state index contributed by atoms with van der Waals surface area (Å²) < 4.78 is 2.18. The standard InChI is InChI=1S/C20H19N5S/c1-15-18(23-13-22-15)20-19(16-7-3-2-4-8-16)24-14-25(20)11-12-26-17-9-5-6-10-21-17/h2-10,13-14H,11-12H2,1H3,(H,22,23). The monoisotopic (exact) mass is 361 g/mol. The molecule has 4 aromatic rings. The molecule has 0 atom stereocenters. The number of thioether (sulfide) groups is 1. The second kappa shape index (κ2) is 7.58. The molecule has 0 spiro atoms. The van der Waals surface area contributed by atoms with Crippen molar-refractivity contribution in [3.63, 3.8) is 0 Å². The Morgan fingerprint density at radius 3 is 2.54 bits per heavy atom. The molecule has 5 nitrogen and oxygen atoms in total. The summed E-state index contributed by atoms with van der Waals surface area (Å²) in [7, 11) is 0. The average Bonchev–Trinajstić information content (AvgIpc) is 3.29. The highest BCUT2D eigenvalue weighted by Crippen LogP contribution is 2.31. The lowest BCUT2D eigenvalue weighted by Gasteiger charge is -2.09. The number of rotatable bonds is 6. The van der Waals surface area contributed by atoms with Crippen molar-refractivity contribution in [2.75, 3.05) is 5.75 Å². The first-order chi connectivity index (χ1) is 12.8. The summed E-state index contributed by atoms with van der Waals surface area (Å²) >= 11 is 1.74. The van der Waals surface area contributed by atoms with Gasteiger partial charge in [0.1, 0.15) is 5.69 Å². The quantitative estimate of drug-likeness (QED) is 0.516. The summed E-state index contributed by atoms with van der Waals surface area (Å²) in [6.45, 7) is 2.87. The molecule has 3 aromatic heterocycles. The number of aromatic nitrogens is 5. The highest BCUT2D eigenvalue weighted by molar-refractivity contribution is 7.99. The third-order valence-electron chi connectivity index (χ3n) is 4.16. The van der Waals surface area contributed by atoms with E-state index in [1.807, 2.05) is 55.8 Å². The first-order valence-electron chi connectivity index (χ1n) is 8.47. The summed E-state index contributed by atoms with van der Waals surface area (Å²) in [5.74, 6) is 0.915. The van der Waals surface area contributed by atoms with E-state index in [4.69, 9.17) is 4.98 Å². The largest absolute Gasteiger partial charge is 0.348 e. The summed E-state index contributed by atoms with van der Waals surface area (Å²) in [6.07, 6.45) is 5.47. The van der Waals surface area contributed by atoms with E-state index in [-0.39, 0.29) is 0 Å². The Bertz CT molecular complexity index is 976. The predicted octanol–water partition coefficient (Wildman–Crippen LogP) is 4.44. The molecule has 0 radical (unpaired) electrons. The molecule has 0 saturated carbocycles. The number of imidazole rings is 2. The fourth-order valence-corrected chi connectivity index (χ4v) is 3.69. The van der Waals surface area contributed by atoms with Crippen LogP contribution in [0, 0.1) is 6.92 Å². The van der Waals surface area contributed by atoms with Crippen molar-refractivity contribution in [3.05, 3.63) is 73.1 Å². The van der Waals surface area contributed by atoms with Crippen molar-refractivity contribution in [2.45, 2.75) is 18.5 Å². The Balaban J connectivity index is 1.64. The number of aromatic amines is 1. The van der Waals surface area contributed by atoms with Crippen molar-refractivity contribution < 1.29 is 0 Å². The Kier molecular flexibility index (Phi) is 4.84. The van der Waals surface area contributed by atoms with Gasteiger partial charge in [0.15, 0.2) is 0 Å². The van der Waals surface area contributed by atoms with Gasteiger partial charge in [-0.3, -0.25) is 0 Å². The molecule has 1 N–H and O–H groups in total. The zero-order chi connectivity index (χ0) is 17.8. The van der Waals surface area contributed by atoms with Crippen LogP contribution < -0.4 is 0 Å². The van der Waals surface area contributed by atoms with Crippen LogP contribution in [0.1, 0.15) is 5.69 Å². The minimum atomic E-state index is 0.836. The highest BCUT2D eigenvalue weighted by atomic mass is 32.2. The summed E-state index contributed by atoms with van der Waals surface area (Å²) in [5, 5.41) is 1.04. The van der Waals surface area contributed by atoms with Gasteiger partial charge >= 0.3 is 0 Å². The van der Waals surface area contributed by atoms with Crippen molar-refractivity contribution >= 4 is 11.8 Å². The van der Waals surface area contributed by atoms with Gasteiger partial charge < -0.3 is 9.55 Å². The van der Waals surface area contributed by atoms with E-state index in [1.165, 1.54) is 0 Å². The third-order valence-corrected chi connectivity index (χ3v) is 5.08. The van der Waals surface area contributed by atoms with Crippen LogP contribution in [0.25, 0.3) is 22.6 Å². The Hall–Kier alpha value is -2.86. The van der Waals surface area contributed by atoms with Crippen LogP contribution in [0.3, 0.4) is 0 Å². The van der Waals surface area contributed by atoms with E-state index in [2.05, 4.69) is 31.7 Å². The minimum absolute atomic E-state index is 0.836. The van der Waals surface area contributed by atoms with E-state index in [1.54, 1.807) is 18.1 Å². The molecule has 0 aliphatic carbocycles. The van der Waals surface area contributed by atoms with Gasteiger partial charge in [-0.2, -0.15) is 0 Å². The number of aryl methyl sites for hydroxylation is 2. The topological polar surface area (TPSA) is 59.4 Å². The lowest BCUT2D eigenvalue weighted by atomic mass is 10.1. The number of benzene rings is 1. The van der Waals surface area contributed by atoms with E-state index in [0.29, 0.717) is 0 Å². The van der Waals surface area contributed by atoms with E-state index in [9.17, 15) is 0 Å². The zero-order valence-electron chi connectivity index (χ0n) is 14.5. The molecule has 1 aromatic carbocycles. The zero-order valence-corrected chi connectivity index (χ0v) is 15.3. The summed E-state index contributed by atoms with van der Waals surface area (Å²) in [5.41, 5.74) is 5.10. The van der Waals surface area contributed by atoms with Gasteiger partial charge in [0, 0.05) is 29.8 Å². The van der Waals surface area contributed by atoms with Gasteiger partial charge in [-0.05, 0) is 19.1 Å². The molecule has 0 fully saturated rings. The molecule has 0 bridgehead atoms. The van der Waals surface area contributed by atoms with Gasteiger partial charge in [0.25, 0.3) is 0 Å². The van der Waals surface area contributed by atoms with E-state index >= 15 is 0 Å². The predicted molar refractivity (Wildman–Crippen MR) is 105 cm³/mol. The Morgan fingerprint density at radius 2 is 1.81 bits per heavy atom. The second-order valence-electron chi connectivity index (χ2n) is 5.89. The molecular formula is C20H19N5S. The van der Waals surface area contributed by atoms with Crippen LogP contribution in [0.4, 0.5) is 0 Å². The van der Waals surface area contributed by atoms with Crippen LogP contribution in [0.5, 0.6) is 0 Å². The number of pyridine rings is 1. The molecule has 4 rings (SSSR count). The van der Waals surface area contributed by atoms with Crippen molar-refractivity contribution in [1.82, 2.24) is 24.5 Å². The van der Waals surface area contributed by atoms with Crippen molar-refractivity contribution in [1.29, 1.82) is 0 Å². The summed E-state index contributed by atoms with van der Waals surface area (Å²) in [4.78, 5) is 16.8. The lowest BCUT2D eigenvalue weighted by Crippen LogP contribution is -2.03. The van der Waals surface area contributed by atoms with Gasteiger partial charge in [-0.25, -0.2) is 15.0 Å². The first-order valence-corrected chi connectivity index (χ1v) is 9.46. The van der Waals surface area contributed by atoms with Gasteiger partial charge in [0.05, 0.1) is 29.1 Å². The maximum atomic E-state index is 4.69. The Labute approximate surface area is 156 Å². The SMILES string of the molecule is Cc1[nH]cnc1-c1c(-c2ccccc2)ncn1CCSc1ccccn1. The number of nitrogens with zero attached hydrogens (tertiary/aromatic N) is 4. The van der Waals surface area contributed by atoms with Gasteiger partial charge in [-0.15, -0.1) is 11.8 Å². The van der Waals surface area contributed by atoms with Crippen LogP contribution >= 0.6 is 11.8 Å². The van der Waals surface area contributed by atoms with Crippen molar-refractivity contribution in [2.24, 2.45) is 0 Å². The lowest BCUT2D eigenvalue weighted by molar-refractivity contribution is 0.775. The molecule has 3 heterocycles. The van der Waals surface area contributed by atoms with Gasteiger partial charge in [0.2, 0.25) is 0 Å². The van der Waals surface area contributed by atoms with E-state index < -0.39 is 0 Å². The van der Waals surface area contributed by atoms with E-state index in [0.717, 1.165) is 45.7 Å². The molecule has 0 saturated heterocycles. The molecule has 0 amide bonds. The smallest absolute Gasteiger partial charge is 0.110 e. The molecule has 130 valence electrons. The normalized spacial score (nSPS) is 11.0. The highest BCUT2D eigenvalue weighted by Gasteiger charge is 2.18. The van der Waals surface area contributed by atoms with Crippen LogP contribution in [0.2, 0.25) is 0 Å². The summed E-state index contributed by atoms with van der Waals surface area (Å²) in [6, 6.07) is 16.2. The maximum absolute atomic E-state index is 4.69. The number of hydrogen-bond acceptors (Lipinski definition) is 4. The number of H-pyrrole nitrogens is 1. The Morgan fingerprint density at radius 1 is 0.962 bits per heavy atom. The molecular weight excluding hydrogens is 342 g/mol. The molecule has 0 aliphatic heterocycles. The maximum Gasteiger partial charge on any atom is 0.110 e. The van der Waals surface area contributed by atoms with Crippen LogP contribution in [-0.2, 0) is 6.54 Å². The number of nitrogens with one attached hydrogen (secondary N) is 1. The van der Waals surface area contributed by atoms with Crippen LogP contribution in [0.15, 0.2) is 72.4 Å². The minimum Gasteiger partial charge on any atom is -0.348 e. The first kappa shape index (κ1) is 16.6. The van der Waals surface area contributed by atoms with Crippen LogP contribution in [-0.4, -0.2) is 30.3 Å². The van der Waals surface area contributed by atoms with Gasteiger partial charge in [-0.1, -0.05) is 36.4 Å². The molecule has 0 unspecified atom stereocenters. The second-order valence-corrected chi connectivity index (χ2v) is 7.01. The third kappa shape index (κ3) is 3.41. The van der Waals surface area contributed by atoms with Crippen molar-refractivity contribution in [3.8, 4) is 22.6 Å². The fourth-order valence-electron chi connectivity index (χ4n) is 2.89. The fraction of sp³-hybridized carbons (Fsp3) is 0.150.